The fourth-order valence-electron chi connectivity index (χ4n) is 2.79. The van der Waals surface area contributed by atoms with Gasteiger partial charge in [0.1, 0.15) is 0 Å². The predicted molar refractivity (Wildman–Crippen MR) is 96.5 cm³/mol. The van der Waals surface area contributed by atoms with Crippen molar-refractivity contribution in [2.45, 2.75) is 11.3 Å². The molecule has 0 aromatic heterocycles. The van der Waals surface area contributed by atoms with E-state index in [0.29, 0.717) is 16.5 Å². The molecule has 3 rings (SSSR count). The number of carbonyl (C=O) groups is 2. The van der Waals surface area contributed by atoms with Crippen molar-refractivity contribution in [2.75, 3.05) is 0 Å². The molecule has 6 nitrogen and oxygen atoms in total. The molecule has 7 heteroatoms. The SMILES string of the molecule is NS(=O)(=O)c1ccc(C(=O)c2cc(CC(=O)O)cc3ccccc23)cc1. The Morgan fingerprint density at radius 3 is 2.23 bits per heavy atom. The molecule has 3 aromatic rings. The second-order valence-corrected chi connectivity index (χ2v) is 7.39. The van der Waals surface area contributed by atoms with E-state index in [9.17, 15) is 18.0 Å². The van der Waals surface area contributed by atoms with Gasteiger partial charge in [0.15, 0.2) is 5.78 Å². The van der Waals surface area contributed by atoms with Crippen LogP contribution in [0.1, 0.15) is 21.5 Å². The fourth-order valence-corrected chi connectivity index (χ4v) is 3.30. The molecule has 0 amide bonds. The summed E-state index contributed by atoms with van der Waals surface area (Å²) in [4.78, 5) is 23.9. The Balaban J connectivity index is 2.11. The van der Waals surface area contributed by atoms with Crippen LogP contribution in [0.15, 0.2) is 65.6 Å². The normalized spacial score (nSPS) is 11.4. The number of carbonyl (C=O) groups excluding carboxylic acids is 1. The van der Waals surface area contributed by atoms with Crippen LogP contribution in [0.2, 0.25) is 0 Å². The summed E-state index contributed by atoms with van der Waals surface area (Å²) in [5.74, 6) is -1.31. The molecule has 0 atom stereocenters. The summed E-state index contributed by atoms with van der Waals surface area (Å²) in [6.45, 7) is 0. The standard InChI is InChI=1S/C19H15NO5S/c20-26(24,25)15-7-5-13(6-8-15)19(23)17-10-12(11-18(21)22)9-14-3-1-2-4-16(14)17/h1-10H,11H2,(H,21,22)(H2,20,24,25). The van der Waals surface area contributed by atoms with Gasteiger partial charge in [-0.15, -0.1) is 0 Å². The number of carboxylic acid groups (broad SMARTS) is 1. The van der Waals surface area contributed by atoms with Gasteiger partial charge in [-0.25, -0.2) is 13.6 Å². The van der Waals surface area contributed by atoms with Crippen LogP contribution in [0, 0.1) is 0 Å². The summed E-state index contributed by atoms with van der Waals surface area (Å²) in [5.41, 5.74) is 1.17. The Morgan fingerprint density at radius 1 is 0.962 bits per heavy atom. The molecular formula is C19H15NO5S. The summed E-state index contributed by atoms with van der Waals surface area (Å²) in [6, 6.07) is 15.8. The van der Waals surface area contributed by atoms with Crippen LogP contribution in [0.5, 0.6) is 0 Å². The lowest BCUT2D eigenvalue weighted by atomic mass is 9.94. The van der Waals surface area contributed by atoms with E-state index in [1.807, 2.05) is 12.1 Å². The molecule has 0 spiro atoms. The van der Waals surface area contributed by atoms with Crippen molar-refractivity contribution in [1.82, 2.24) is 0 Å². The lowest BCUT2D eigenvalue weighted by Crippen LogP contribution is -2.12. The third-order valence-electron chi connectivity index (χ3n) is 3.97. The third-order valence-corrected chi connectivity index (χ3v) is 4.90. The number of aliphatic carboxylic acids is 1. The predicted octanol–water partition coefficient (Wildman–Crippen LogP) is 2.35. The minimum absolute atomic E-state index is 0.0847. The van der Waals surface area contributed by atoms with Crippen LogP contribution in [-0.2, 0) is 21.2 Å². The molecule has 0 bridgehead atoms. The number of rotatable bonds is 5. The average Bonchev–Trinajstić information content (AvgIpc) is 2.59. The largest absolute Gasteiger partial charge is 0.481 e. The molecule has 3 N–H and O–H groups in total. The van der Waals surface area contributed by atoms with Gasteiger partial charge in [-0.05, 0) is 46.7 Å². The van der Waals surface area contributed by atoms with E-state index < -0.39 is 16.0 Å². The molecule has 0 saturated heterocycles. The monoisotopic (exact) mass is 369 g/mol. The topological polar surface area (TPSA) is 115 Å². The second-order valence-electron chi connectivity index (χ2n) is 5.83. The number of sulfonamides is 1. The maximum atomic E-state index is 12.9. The van der Waals surface area contributed by atoms with Crippen LogP contribution < -0.4 is 5.14 Å². The molecular weight excluding hydrogens is 354 g/mol. The van der Waals surface area contributed by atoms with E-state index in [-0.39, 0.29) is 22.7 Å². The first-order valence-electron chi connectivity index (χ1n) is 7.67. The van der Waals surface area contributed by atoms with Crippen molar-refractivity contribution >= 4 is 32.5 Å². The lowest BCUT2D eigenvalue weighted by Gasteiger charge is -2.09. The number of hydrogen-bond acceptors (Lipinski definition) is 4. The Kier molecular flexibility index (Phi) is 4.58. The van der Waals surface area contributed by atoms with Gasteiger partial charge in [-0.1, -0.05) is 30.3 Å². The van der Waals surface area contributed by atoms with Gasteiger partial charge in [0.25, 0.3) is 0 Å². The maximum Gasteiger partial charge on any atom is 0.307 e. The first kappa shape index (κ1) is 17.8. The number of ketones is 1. The molecule has 0 fully saturated rings. The number of primary sulfonamides is 1. The molecule has 0 aliphatic heterocycles. The number of benzene rings is 3. The van der Waals surface area contributed by atoms with Crippen molar-refractivity contribution < 1.29 is 23.1 Å². The van der Waals surface area contributed by atoms with Gasteiger partial charge in [-0.3, -0.25) is 9.59 Å². The first-order valence-corrected chi connectivity index (χ1v) is 9.21. The Labute approximate surface area is 149 Å². The highest BCUT2D eigenvalue weighted by Crippen LogP contribution is 2.24. The Hall–Kier alpha value is -3.03. The second kappa shape index (κ2) is 6.70. The Morgan fingerprint density at radius 2 is 1.62 bits per heavy atom. The lowest BCUT2D eigenvalue weighted by molar-refractivity contribution is -0.136. The highest BCUT2D eigenvalue weighted by molar-refractivity contribution is 7.89. The van der Waals surface area contributed by atoms with E-state index in [1.54, 1.807) is 24.3 Å². The van der Waals surface area contributed by atoms with Gasteiger partial charge in [0, 0.05) is 11.1 Å². The van der Waals surface area contributed by atoms with Crippen LogP contribution in [0.4, 0.5) is 0 Å². The summed E-state index contributed by atoms with van der Waals surface area (Å²) in [7, 11) is -3.84. The highest BCUT2D eigenvalue weighted by atomic mass is 32.2. The number of hydrogen-bond donors (Lipinski definition) is 2. The minimum atomic E-state index is -3.84. The summed E-state index contributed by atoms with van der Waals surface area (Å²) in [6.07, 6.45) is -0.199. The summed E-state index contributed by atoms with van der Waals surface area (Å²) < 4.78 is 22.7. The quantitative estimate of drug-likeness (QED) is 0.670. The molecule has 26 heavy (non-hydrogen) atoms. The zero-order chi connectivity index (χ0) is 18.9. The van der Waals surface area contributed by atoms with Crippen LogP contribution in [0.3, 0.4) is 0 Å². The first-order chi connectivity index (χ1) is 12.3. The molecule has 3 aromatic carbocycles. The molecule has 0 heterocycles. The van der Waals surface area contributed by atoms with Crippen molar-refractivity contribution in [3.63, 3.8) is 0 Å². The van der Waals surface area contributed by atoms with Gasteiger partial charge in [-0.2, -0.15) is 0 Å². The van der Waals surface area contributed by atoms with Crippen molar-refractivity contribution in [2.24, 2.45) is 5.14 Å². The molecule has 0 unspecified atom stereocenters. The number of carboxylic acids is 1. The van der Waals surface area contributed by atoms with E-state index >= 15 is 0 Å². The third kappa shape index (κ3) is 3.63. The fraction of sp³-hybridized carbons (Fsp3) is 0.0526. The van der Waals surface area contributed by atoms with Crippen LogP contribution in [-0.4, -0.2) is 25.3 Å². The van der Waals surface area contributed by atoms with Crippen molar-refractivity contribution in [3.05, 3.63) is 77.4 Å². The van der Waals surface area contributed by atoms with E-state index in [2.05, 4.69) is 0 Å². The Bertz CT molecular complexity index is 1120. The van der Waals surface area contributed by atoms with E-state index in [4.69, 9.17) is 10.2 Å². The molecule has 0 aliphatic rings. The van der Waals surface area contributed by atoms with Gasteiger partial charge >= 0.3 is 5.97 Å². The average molecular weight is 369 g/mol. The van der Waals surface area contributed by atoms with Crippen LogP contribution >= 0.6 is 0 Å². The van der Waals surface area contributed by atoms with Crippen molar-refractivity contribution in [1.29, 1.82) is 0 Å². The maximum absolute atomic E-state index is 12.9. The zero-order valence-corrected chi connectivity index (χ0v) is 14.4. The zero-order valence-electron chi connectivity index (χ0n) is 13.5. The van der Waals surface area contributed by atoms with Gasteiger partial charge < -0.3 is 5.11 Å². The van der Waals surface area contributed by atoms with Gasteiger partial charge in [0.2, 0.25) is 10.0 Å². The summed E-state index contributed by atoms with van der Waals surface area (Å²) >= 11 is 0. The van der Waals surface area contributed by atoms with Crippen molar-refractivity contribution in [3.8, 4) is 0 Å². The van der Waals surface area contributed by atoms with E-state index in [0.717, 1.165) is 5.39 Å². The van der Waals surface area contributed by atoms with E-state index in [1.165, 1.54) is 24.3 Å². The smallest absolute Gasteiger partial charge is 0.307 e. The molecule has 0 saturated carbocycles. The van der Waals surface area contributed by atoms with Gasteiger partial charge in [0.05, 0.1) is 11.3 Å². The number of fused-ring (bicyclic) bond motifs is 1. The minimum Gasteiger partial charge on any atom is -0.481 e. The molecule has 0 radical (unpaired) electrons. The van der Waals surface area contributed by atoms with Crippen LogP contribution in [0.25, 0.3) is 10.8 Å². The molecule has 132 valence electrons. The number of nitrogens with two attached hydrogens (primary N) is 1. The highest BCUT2D eigenvalue weighted by Gasteiger charge is 2.16. The summed E-state index contributed by atoms with van der Waals surface area (Å²) in [5, 5.41) is 15.6. The molecule has 0 aliphatic carbocycles.